The molecule has 1 unspecified atom stereocenters. The van der Waals surface area contributed by atoms with Crippen molar-refractivity contribution in [1.29, 1.82) is 0 Å². The summed E-state index contributed by atoms with van der Waals surface area (Å²) in [5.41, 5.74) is 4.36. The molecule has 2 aromatic carbocycles. The first-order valence-electron chi connectivity index (χ1n) is 10.1. The number of benzene rings is 2. The van der Waals surface area contributed by atoms with Crippen molar-refractivity contribution in [3.63, 3.8) is 0 Å². The average Bonchev–Trinajstić information content (AvgIpc) is 2.68. The van der Waals surface area contributed by atoms with Crippen molar-refractivity contribution in [2.24, 2.45) is 11.8 Å². The van der Waals surface area contributed by atoms with Gasteiger partial charge in [0, 0.05) is 6.07 Å². The Morgan fingerprint density at radius 1 is 0.750 bits per heavy atom. The van der Waals surface area contributed by atoms with E-state index in [2.05, 4.69) is 40.7 Å². The molecular weight excluding hydrogens is 348 g/mol. The van der Waals surface area contributed by atoms with Crippen LogP contribution in [-0.2, 0) is 0 Å². The molecule has 0 saturated heterocycles. The van der Waals surface area contributed by atoms with Crippen LogP contribution < -0.4 is 4.74 Å². The van der Waals surface area contributed by atoms with Gasteiger partial charge in [-0.25, -0.2) is 19.9 Å². The zero-order chi connectivity index (χ0) is 19.5. The van der Waals surface area contributed by atoms with Crippen molar-refractivity contribution >= 4 is 33.4 Å². The second-order valence-electron chi connectivity index (χ2n) is 7.97. The van der Waals surface area contributed by atoms with Gasteiger partial charge in [-0.05, 0) is 42.5 Å². The van der Waals surface area contributed by atoms with Crippen LogP contribution in [0.15, 0.2) is 42.5 Å². The maximum absolute atomic E-state index is 6.01. The Morgan fingerprint density at radius 3 is 2.00 bits per heavy atom. The van der Waals surface area contributed by atoms with Gasteiger partial charge in [0.25, 0.3) is 0 Å². The summed E-state index contributed by atoms with van der Waals surface area (Å²) in [7, 11) is 0. The minimum Gasteiger partial charge on any atom is -0.493 e. The number of nitrogens with zero attached hydrogens (tertiary/aromatic N) is 4. The summed E-state index contributed by atoms with van der Waals surface area (Å²) in [6.07, 6.45) is 3.72. The van der Waals surface area contributed by atoms with E-state index in [1.807, 2.05) is 42.5 Å². The summed E-state index contributed by atoms with van der Waals surface area (Å²) in [6.45, 7) is 7.51. The van der Waals surface area contributed by atoms with Gasteiger partial charge in [-0.3, -0.25) is 0 Å². The summed E-state index contributed by atoms with van der Waals surface area (Å²) in [5, 5.41) is 0. The normalized spacial score (nSPS) is 12.9. The summed E-state index contributed by atoms with van der Waals surface area (Å²) in [5.74, 6) is 2.13. The fraction of sp³-hybridized carbons (Fsp3) is 0.391. The predicted octanol–water partition coefficient (Wildman–Crippen LogP) is 5.57. The highest BCUT2D eigenvalue weighted by atomic mass is 16.5. The predicted molar refractivity (Wildman–Crippen MR) is 113 cm³/mol. The Kier molecular flexibility index (Phi) is 5.33. The van der Waals surface area contributed by atoms with Crippen molar-refractivity contribution in [3.8, 4) is 5.75 Å². The van der Waals surface area contributed by atoms with Crippen LogP contribution in [0.3, 0.4) is 0 Å². The number of fused-ring (bicyclic) bond motifs is 3. The third-order valence-corrected chi connectivity index (χ3v) is 4.95. The molecule has 4 rings (SSSR count). The Labute approximate surface area is 165 Å². The number of para-hydroxylation sites is 2. The van der Waals surface area contributed by atoms with Crippen molar-refractivity contribution in [2.45, 2.75) is 40.0 Å². The fourth-order valence-corrected chi connectivity index (χ4v) is 3.33. The molecule has 0 fully saturated rings. The van der Waals surface area contributed by atoms with E-state index >= 15 is 0 Å². The van der Waals surface area contributed by atoms with E-state index in [1.54, 1.807) is 0 Å². The lowest BCUT2D eigenvalue weighted by Gasteiger charge is -2.14. The molecule has 0 amide bonds. The van der Waals surface area contributed by atoms with Crippen LogP contribution in [0.25, 0.3) is 33.4 Å². The lowest BCUT2D eigenvalue weighted by molar-refractivity contribution is 0.247. The molecule has 144 valence electrons. The molecule has 5 heteroatoms. The molecule has 0 radical (unpaired) electrons. The van der Waals surface area contributed by atoms with Crippen molar-refractivity contribution in [3.05, 3.63) is 42.5 Å². The Morgan fingerprint density at radius 2 is 1.36 bits per heavy atom. The van der Waals surface area contributed by atoms with Crippen molar-refractivity contribution in [1.82, 2.24) is 19.9 Å². The second kappa shape index (κ2) is 8.05. The van der Waals surface area contributed by atoms with Crippen LogP contribution in [0.4, 0.5) is 0 Å². The standard InChI is InChI=1S/C23H26N4O/c1-15(2)7-6-8-16(3)14-28-17-11-12-20-21(13-17)27-23-22(26-20)24-18-9-4-5-10-19(18)25-23/h4-5,9-13,15-16H,6-8,14H2,1-3H3. The fourth-order valence-electron chi connectivity index (χ4n) is 3.33. The number of aromatic nitrogens is 4. The van der Waals surface area contributed by atoms with E-state index in [1.165, 1.54) is 19.3 Å². The molecule has 28 heavy (non-hydrogen) atoms. The minimum absolute atomic E-state index is 0.536. The van der Waals surface area contributed by atoms with Gasteiger partial charge in [-0.2, -0.15) is 0 Å². The molecule has 0 saturated carbocycles. The van der Waals surface area contributed by atoms with Gasteiger partial charge in [0.15, 0.2) is 11.3 Å². The van der Waals surface area contributed by atoms with E-state index in [9.17, 15) is 0 Å². The first-order valence-corrected chi connectivity index (χ1v) is 10.1. The summed E-state index contributed by atoms with van der Waals surface area (Å²) < 4.78 is 6.01. The highest BCUT2D eigenvalue weighted by Crippen LogP contribution is 2.22. The van der Waals surface area contributed by atoms with E-state index < -0.39 is 0 Å². The third kappa shape index (κ3) is 4.19. The quantitative estimate of drug-likeness (QED) is 0.396. The minimum atomic E-state index is 0.536. The van der Waals surface area contributed by atoms with E-state index in [4.69, 9.17) is 4.74 Å². The molecule has 0 aliphatic carbocycles. The van der Waals surface area contributed by atoms with E-state index in [0.29, 0.717) is 17.2 Å². The molecule has 0 bridgehead atoms. The van der Waals surface area contributed by atoms with Gasteiger partial charge in [0.2, 0.25) is 0 Å². The van der Waals surface area contributed by atoms with Crippen LogP contribution in [0, 0.1) is 11.8 Å². The van der Waals surface area contributed by atoms with Gasteiger partial charge < -0.3 is 4.74 Å². The molecule has 0 aliphatic rings. The molecule has 0 aliphatic heterocycles. The molecule has 5 nitrogen and oxygen atoms in total. The lowest BCUT2D eigenvalue weighted by atomic mass is 10.0. The van der Waals surface area contributed by atoms with Gasteiger partial charge in [-0.1, -0.05) is 45.7 Å². The highest BCUT2D eigenvalue weighted by molar-refractivity contribution is 5.88. The molecule has 2 heterocycles. The van der Waals surface area contributed by atoms with E-state index in [0.717, 1.165) is 40.3 Å². The van der Waals surface area contributed by atoms with E-state index in [-0.39, 0.29) is 0 Å². The van der Waals surface area contributed by atoms with Crippen molar-refractivity contribution < 1.29 is 4.74 Å². The Hall–Kier alpha value is -2.82. The zero-order valence-electron chi connectivity index (χ0n) is 16.7. The van der Waals surface area contributed by atoms with Gasteiger partial charge >= 0.3 is 0 Å². The van der Waals surface area contributed by atoms with Crippen LogP contribution in [0.2, 0.25) is 0 Å². The van der Waals surface area contributed by atoms with Gasteiger partial charge in [-0.15, -0.1) is 0 Å². The largest absolute Gasteiger partial charge is 0.493 e. The molecule has 0 spiro atoms. The number of hydrogen-bond acceptors (Lipinski definition) is 5. The smallest absolute Gasteiger partial charge is 0.199 e. The molecular formula is C23H26N4O. The molecule has 0 N–H and O–H groups in total. The van der Waals surface area contributed by atoms with Crippen LogP contribution in [-0.4, -0.2) is 26.5 Å². The maximum Gasteiger partial charge on any atom is 0.199 e. The topological polar surface area (TPSA) is 60.8 Å². The summed E-state index contributed by atoms with van der Waals surface area (Å²) >= 11 is 0. The Balaban J connectivity index is 1.53. The van der Waals surface area contributed by atoms with Crippen LogP contribution >= 0.6 is 0 Å². The number of hydrogen-bond donors (Lipinski definition) is 0. The first-order chi connectivity index (χ1) is 13.6. The van der Waals surface area contributed by atoms with Crippen LogP contribution in [0.5, 0.6) is 5.75 Å². The average molecular weight is 374 g/mol. The SMILES string of the molecule is CC(C)CCCC(C)COc1ccc2nc3nc4ccccc4nc3nc2c1. The highest BCUT2D eigenvalue weighted by Gasteiger charge is 2.09. The van der Waals surface area contributed by atoms with Crippen molar-refractivity contribution in [2.75, 3.05) is 6.61 Å². The number of ether oxygens (including phenoxy) is 1. The zero-order valence-corrected chi connectivity index (χ0v) is 16.7. The molecule has 1 atom stereocenters. The summed E-state index contributed by atoms with van der Waals surface area (Å²) in [4.78, 5) is 18.5. The van der Waals surface area contributed by atoms with Gasteiger partial charge in [0.05, 0.1) is 28.7 Å². The van der Waals surface area contributed by atoms with Gasteiger partial charge in [0.1, 0.15) is 5.75 Å². The molecule has 2 aromatic heterocycles. The third-order valence-electron chi connectivity index (χ3n) is 4.95. The monoisotopic (exact) mass is 374 g/mol. The lowest BCUT2D eigenvalue weighted by Crippen LogP contribution is -2.09. The number of rotatable bonds is 7. The first kappa shape index (κ1) is 18.5. The maximum atomic E-state index is 6.01. The summed E-state index contributed by atoms with van der Waals surface area (Å²) in [6, 6.07) is 13.6. The second-order valence-corrected chi connectivity index (χ2v) is 7.97. The van der Waals surface area contributed by atoms with Crippen LogP contribution in [0.1, 0.15) is 40.0 Å². The molecule has 4 aromatic rings. The Bertz CT molecular complexity index is 1110.